The topological polar surface area (TPSA) is 107 Å². The van der Waals surface area contributed by atoms with Crippen LogP contribution in [0.15, 0.2) is 24.3 Å². The number of nitrogens with one attached hydrogen (secondary N) is 1. The third-order valence-corrected chi connectivity index (χ3v) is 5.04. The average Bonchev–Trinajstić information content (AvgIpc) is 2.43. The predicted molar refractivity (Wildman–Crippen MR) is 73.1 cm³/mol. The molecule has 1 fully saturated rings. The second-order valence-corrected chi connectivity index (χ2v) is 6.58. The fourth-order valence-electron chi connectivity index (χ4n) is 2.06. The van der Waals surface area contributed by atoms with Crippen molar-refractivity contribution >= 4 is 21.8 Å². The maximum Gasteiger partial charge on any atom is 0.244 e. The number of imide groups is 1. The quantitative estimate of drug-likeness (QED) is 0.774. The molecule has 0 bridgehead atoms. The van der Waals surface area contributed by atoms with Gasteiger partial charge in [0.2, 0.25) is 21.8 Å². The summed E-state index contributed by atoms with van der Waals surface area (Å²) in [5.74, 6) is -1.74. The van der Waals surface area contributed by atoms with Crippen LogP contribution in [0.4, 0.5) is 0 Å². The Hall–Kier alpha value is -2.24. The van der Waals surface area contributed by atoms with E-state index in [-0.39, 0.29) is 5.56 Å². The summed E-state index contributed by atoms with van der Waals surface area (Å²) in [5, 5.41) is 11.1. The number of piperazine rings is 1. The molecule has 1 aliphatic heterocycles. The Kier molecular flexibility index (Phi) is 4.06. The SMILES string of the molecule is CC1C(=O)NC(=O)CN1S(=O)(=O)Cc1ccccc1C#N. The Morgan fingerprint density at radius 1 is 1.38 bits per heavy atom. The summed E-state index contributed by atoms with van der Waals surface area (Å²) in [6.07, 6.45) is 0. The van der Waals surface area contributed by atoms with Crippen LogP contribution in [0.1, 0.15) is 18.1 Å². The first-order valence-electron chi connectivity index (χ1n) is 6.16. The van der Waals surface area contributed by atoms with E-state index in [1.165, 1.54) is 19.1 Å². The number of sulfonamides is 1. The van der Waals surface area contributed by atoms with Gasteiger partial charge in [-0.1, -0.05) is 18.2 Å². The third-order valence-electron chi connectivity index (χ3n) is 3.21. The molecule has 0 saturated carbocycles. The Bertz CT molecular complexity index is 736. The van der Waals surface area contributed by atoms with Crippen molar-refractivity contribution in [3.63, 3.8) is 0 Å². The maximum atomic E-state index is 12.4. The van der Waals surface area contributed by atoms with Gasteiger partial charge in [-0.15, -0.1) is 0 Å². The zero-order valence-electron chi connectivity index (χ0n) is 11.2. The minimum atomic E-state index is -3.88. The number of amides is 2. The van der Waals surface area contributed by atoms with Crippen molar-refractivity contribution in [1.29, 1.82) is 5.26 Å². The molecule has 0 aromatic heterocycles. The molecule has 1 N–H and O–H groups in total. The molecule has 21 heavy (non-hydrogen) atoms. The van der Waals surface area contributed by atoms with E-state index in [2.05, 4.69) is 5.32 Å². The van der Waals surface area contributed by atoms with E-state index in [0.29, 0.717) is 5.56 Å². The number of rotatable bonds is 3. The van der Waals surface area contributed by atoms with Gasteiger partial charge in [-0.3, -0.25) is 14.9 Å². The molecule has 2 rings (SSSR count). The summed E-state index contributed by atoms with van der Waals surface area (Å²) in [4.78, 5) is 22.9. The van der Waals surface area contributed by atoms with Gasteiger partial charge in [0.05, 0.1) is 23.9 Å². The van der Waals surface area contributed by atoms with Crippen molar-refractivity contribution in [1.82, 2.24) is 9.62 Å². The van der Waals surface area contributed by atoms with Gasteiger partial charge < -0.3 is 0 Å². The molecule has 7 nitrogen and oxygen atoms in total. The number of carbonyl (C=O) groups excluding carboxylic acids is 2. The highest BCUT2D eigenvalue weighted by molar-refractivity contribution is 7.88. The lowest BCUT2D eigenvalue weighted by Crippen LogP contribution is -2.58. The molecule has 1 aromatic carbocycles. The second-order valence-electron chi connectivity index (χ2n) is 4.66. The number of nitrogens with zero attached hydrogens (tertiary/aromatic N) is 2. The lowest BCUT2D eigenvalue weighted by Gasteiger charge is -2.30. The number of hydrogen-bond donors (Lipinski definition) is 1. The van der Waals surface area contributed by atoms with Gasteiger partial charge in [0, 0.05) is 0 Å². The van der Waals surface area contributed by atoms with Crippen molar-refractivity contribution in [3.8, 4) is 6.07 Å². The van der Waals surface area contributed by atoms with Gasteiger partial charge in [-0.25, -0.2) is 8.42 Å². The fourth-order valence-corrected chi connectivity index (χ4v) is 3.77. The summed E-state index contributed by atoms with van der Waals surface area (Å²) in [7, 11) is -3.88. The molecule has 0 aliphatic carbocycles. The van der Waals surface area contributed by atoms with Crippen LogP contribution >= 0.6 is 0 Å². The minimum Gasteiger partial charge on any atom is -0.294 e. The average molecular weight is 307 g/mol. The van der Waals surface area contributed by atoms with Gasteiger partial charge in [-0.05, 0) is 18.6 Å². The molecule has 110 valence electrons. The fraction of sp³-hybridized carbons (Fsp3) is 0.308. The molecular weight excluding hydrogens is 294 g/mol. The molecule has 0 radical (unpaired) electrons. The highest BCUT2D eigenvalue weighted by atomic mass is 32.2. The molecular formula is C13H13N3O4S. The van der Waals surface area contributed by atoms with Crippen LogP contribution in [0.3, 0.4) is 0 Å². The maximum absolute atomic E-state index is 12.4. The van der Waals surface area contributed by atoms with Gasteiger partial charge in [0.25, 0.3) is 0 Å². The molecule has 0 spiro atoms. The monoisotopic (exact) mass is 307 g/mol. The Balaban J connectivity index is 2.32. The number of benzene rings is 1. The minimum absolute atomic E-state index is 0.251. The molecule has 1 heterocycles. The predicted octanol–water partition coefficient (Wildman–Crippen LogP) is -0.265. The first-order valence-corrected chi connectivity index (χ1v) is 7.77. The lowest BCUT2D eigenvalue weighted by atomic mass is 10.1. The zero-order chi connectivity index (χ0) is 15.6. The Morgan fingerprint density at radius 2 is 2.05 bits per heavy atom. The zero-order valence-corrected chi connectivity index (χ0v) is 12.1. The van der Waals surface area contributed by atoms with E-state index in [1.807, 2.05) is 6.07 Å². The van der Waals surface area contributed by atoms with Gasteiger partial charge in [-0.2, -0.15) is 9.57 Å². The second kappa shape index (κ2) is 5.63. The van der Waals surface area contributed by atoms with Gasteiger partial charge >= 0.3 is 0 Å². The van der Waals surface area contributed by atoms with Crippen molar-refractivity contribution in [2.75, 3.05) is 6.54 Å². The van der Waals surface area contributed by atoms with Crippen LogP contribution in [-0.4, -0.2) is 37.1 Å². The third kappa shape index (κ3) is 3.09. The number of nitriles is 1. The van der Waals surface area contributed by atoms with Crippen molar-refractivity contribution in [2.24, 2.45) is 0 Å². The standard InChI is InChI=1S/C13H13N3O4S/c1-9-13(18)15-12(17)7-16(9)21(19,20)8-11-5-3-2-4-10(11)6-14/h2-5,9H,7-8H2,1H3,(H,15,17,18). The first kappa shape index (κ1) is 15.2. The van der Waals surface area contributed by atoms with Crippen molar-refractivity contribution < 1.29 is 18.0 Å². The molecule has 1 aliphatic rings. The highest BCUT2D eigenvalue weighted by Crippen LogP contribution is 2.18. The Morgan fingerprint density at radius 3 is 2.71 bits per heavy atom. The summed E-state index contributed by atoms with van der Waals surface area (Å²) in [6.45, 7) is 1.01. The molecule has 1 unspecified atom stereocenters. The van der Waals surface area contributed by atoms with E-state index in [0.717, 1.165) is 4.31 Å². The number of hydrogen-bond acceptors (Lipinski definition) is 5. The molecule has 2 amide bonds. The van der Waals surface area contributed by atoms with E-state index in [4.69, 9.17) is 5.26 Å². The largest absolute Gasteiger partial charge is 0.294 e. The van der Waals surface area contributed by atoms with Crippen molar-refractivity contribution in [2.45, 2.75) is 18.7 Å². The normalized spacial score (nSPS) is 19.9. The molecule has 8 heteroatoms. The van der Waals surface area contributed by atoms with Crippen molar-refractivity contribution in [3.05, 3.63) is 35.4 Å². The summed E-state index contributed by atoms with van der Waals surface area (Å²) >= 11 is 0. The smallest absolute Gasteiger partial charge is 0.244 e. The summed E-state index contributed by atoms with van der Waals surface area (Å²) in [5.41, 5.74) is 0.590. The molecule has 1 saturated heterocycles. The van der Waals surface area contributed by atoms with Crippen LogP contribution in [0.25, 0.3) is 0 Å². The van der Waals surface area contributed by atoms with Crippen LogP contribution in [0.5, 0.6) is 0 Å². The van der Waals surface area contributed by atoms with Gasteiger partial charge in [0.1, 0.15) is 6.04 Å². The van der Waals surface area contributed by atoms with E-state index in [9.17, 15) is 18.0 Å². The van der Waals surface area contributed by atoms with E-state index < -0.39 is 40.2 Å². The lowest BCUT2D eigenvalue weighted by molar-refractivity contribution is -0.136. The van der Waals surface area contributed by atoms with Gasteiger partial charge in [0.15, 0.2) is 0 Å². The summed E-state index contributed by atoms with van der Waals surface area (Å²) < 4.78 is 25.7. The van der Waals surface area contributed by atoms with Crippen LogP contribution < -0.4 is 5.32 Å². The highest BCUT2D eigenvalue weighted by Gasteiger charge is 2.38. The molecule has 1 aromatic rings. The van der Waals surface area contributed by atoms with E-state index >= 15 is 0 Å². The van der Waals surface area contributed by atoms with E-state index in [1.54, 1.807) is 12.1 Å². The summed E-state index contributed by atoms with van der Waals surface area (Å²) in [6, 6.07) is 7.28. The molecule has 1 atom stereocenters. The van der Waals surface area contributed by atoms with Crippen LogP contribution in [0, 0.1) is 11.3 Å². The Labute approximate surface area is 122 Å². The van der Waals surface area contributed by atoms with Crippen LogP contribution in [-0.2, 0) is 25.4 Å². The first-order chi connectivity index (χ1) is 9.85. The van der Waals surface area contributed by atoms with Crippen LogP contribution in [0.2, 0.25) is 0 Å². The number of carbonyl (C=O) groups is 2.